The number of aromatic nitrogens is 4. The Labute approximate surface area is 175 Å². The molecule has 7 N–H and O–H groups in total. The topological polar surface area (TPSA) is 193 Å². The number of nitrogens with one attached hydrogen (secondary N) is 1. The lowest BCUT2D eigenvalue weighted by molar-refractivity contribution is -0.0501. The molecular formula is C18H21N7O6. The number of fused-ring (bicyclic) bond motifs is 1. The summed E-state index contributed by atoms with van der Waals surface area (Å²) in [6.07, 6.45) is -2.27. The first-order chi connectivity index (χ1) is 15.0. The second-order valence-electron chi connectivity index (χ2n) is 6.73. The molecule has 164 valence electrons. The summed E-state index contributed by atoms with van der Waals surface area (Å²) in [6, 6.07) is 4.91. The van der Waals surface area contributed by atoms with E-state index >= 15 is 0 Å². The molecule has 0 saturated carbocycles. The normalized spacial score (nSPS) is 23.6. The number of phenols is 1. The molecule has 0 radical (unpaired) electrons. The SMILES string of the molecule is COc1cccc(/C=N/Nc2nc3c(N)ncnc3n2C2OC(CO)C(O)C2O)c1O. The average molecular weight is 431 g/mol. The van der Waals surface area contributed by atoms with Gasteiger partial charge in [0, 0.05) is 5.56 Å². The largest absolute Gasteiger partial charge is 0.504 e. The van der Waals surface area contributed by atoms with E-state index in [1.165, 1.54) is 24.2 Å². The van der Waals surface area contributed by atoms with Crippen LogP contribution in [0.2, 0.25) is 0 Å². The molecule has 31 heavy (non-hydrogen) atoms. The van der Waals surface area contributed by atoms with Crippen LogP contribution in [-0.2, 0) is 4.74 Å². The standard InChI is InChI=1S/C18H21N7O6/c1-30-9-4-2-3-8(12(9)27)5-22-24-18-23-11-15(19)20-7-21-16(11)25(18)17-14(29)13(28)10(6-26)31-17/h2-5,7,10,13-14,17,26-29H,6H2,1H3,(H,23,24)(H2,19,20,21)/b22-5+. The molecule has 3 heterocycles. The van der Waals surface area contributed by atoms with Crippen molar-refractivity contribution in [2.75, 3.05) is 24.9 Å². The third kappa shape index (κ3) is 3.59. The fourth-order valence-electron chi connectivity index (χ4n) is 3.31. The number of nitrogen functional groups attached to an aromatic ring is 1. The summed E-state index contributed by atoms with van der Waals surface area (Å²) >= 11 is 0. The Kier molecular flexibility index (Phi) is 5.56. The lowest BCUT2D eigenvalue weighted by Gasteiger charge is -2.18. The minimum absolute atomic E-state index is 0.0793. The van der Waals surface area contributed by atoms with Crippen LogP contribution in [0.5, 0.6) is 11.5 Å². The van der Waals surface area contributed by atoms with Crippen LogP contribution < -0.4 is 15.9 Å². The summed E-state index contributed by atoms with van der Waals surface area (Å²) in [6.45, 7) is -0.492. The molecule has 0 amide bonds. The minimum atomic E-state index is -1.38. The number of aliphatic hydroxyl groups is 3. The summed E-state index contributed by atoms with van der Waals surface area (Å²) in [7, 11) is 1.43. The van der Waals surface area contributed by atoms with E-state index in [1.54, 1.807) is 18.2 Å². The molecule has 0 aliphatic carbocycles. The first-order valence-corrected chi connectivity index (χ1v) is 9.22. The molecule has 1 saturated heterocycles. The number of nitrogens with two attached hydrogens (primary N) is 1. The third-order valence-corrected chi connectivity index (χ3v) is 4.90. The van der Waals surface area contributed by atoms with Crippen LogP contribution in [0.4, 0.5) is 11.8 Å². The molecule has 4 unspecified atom stereocenters. The van der Waals surface area contributed by atoms with E-state index < -0.39 is 31.1 Å². The Morgan fingerprint density at radius 1 is 1.32 bits per heavy atom. The van der Waals surface area contributed by atoms with Crippen LogP contribution in [0.15, 0.2) is 29.6 Å². The van der Waals surface area contributed by atoms with Gasteiger partial charge >= 0.3 is 0 Å². The molecule has 13 nitrogen and oxygen atoms in total. The number of hydrazone groups is 1. The smallest absolute Gasteiger partial charge is 0.228 e. The number of benzene rings is 1. The van der Waals surface area contributed by atoms with Gasteiger partial charge in [0.15, 0.2) is 34.7 Å². The predicted molar refractivity (Wildman–Crippen MR) is 109 cm³/mol. The first-order valence-electron chi connectivity index (χ1n) is 9.22. The summed E-state index contributed by atoms with van der Waals surface area (Å²) in [5, 5.41) is 44.2. The highest BCUT2D eigenvalue weighted by atomic mass is 16.6. The third-order valence-electron chi connectivity index (χ3n) is 4.90. The van der Waals surface area contributed by atoms with Gasteiger partial charge in [0.25, 0.3) is 0 Å². The van der Waals surface area contributed by atoms with Gasteiger partial charge in [-0.3, -0.25) is 4.57 Å². The summed E-state index contributed by atoms with van der Waals surface area (Å²) < 4.78 is 12.0. The second-order valence-corrected chi connectivity index (χ2v) is 6.73. The maximum atomic E-state index is 10.5. The Bertz CT molecular complexity index is 1120. The number of methoxy groups -OCH3 is 1. The van der Waals surface area contributed by atoms with Gasteiger partial charge in [-0.15, -0.1) is 0 Å². The van der Waals surface area contributed by atoms with E-state index in [2.05, 4.69) is 25.5 Å². The molecule has 1 aliphatic heterocycles. The van der Waals surface area contributed by atoms with Crippen LogP contribution in [-0.4, -0.2) is 78.2 Å². The highest BCUT2D eigenvalue weighted by Crippen LogP contribution is 2.35. The number of para-hydroxylation sites is 1. The minimum Gasteiger partial charge on any atom is -0.504 e. The molecule has 2 aromatic heterocycles. The van der Waals surface area contributed by atoms with Crippen LogP contribution in [0.25, 0.3) is 11.2 Å². The monoisotopic (exact) mass is 431 g/mol. The number of ether oxygens (including phenoxy) is 2. The van der Waals surface area contributed by atoms with E-state index in [0.29, 0.717) is 5.56 Å². The van der Waals surface area contributed by atoms with Crippen molar-refractivity contribution in [1.29, 1.82) is 0 Å². The van der Waals surface area contributed by atoms with Gasteiger partial charge in [0.2, 0.25) is 5.95 Å². The summed E-state index contributed by atoms with van der Waals surface area (Å²) in [5.74, 6) is 0.358. The number of aromatic hydroxyl groups is 1. The number of phenolic OH excluding ortho intramolecular Hbond substituents is 1. The molecule has 1 fully saturated rings. The second kappa shape index (κ2) is 8.31. The number of hydrogen-bond donors (Lipinski definition) is 6. The Morgan fingerprint density at radius 2 is 2.13 bits per heavy atom. The fraction of sp³-hybridized carbons (Fsp3) is 0.333. The average Bonchev–Trinajstić information content (AvgIpc) is 3.27. The summed E-state index contributed by atoms with van der Waals surface area (Å²) in [5.41, 5.74) is 9.42. The first kappa shape index (κ1) is 20.7. The van der Waals surface area contributed by atoms with E-state index in [4.69, 9.17) is 15.2 Å². The fourth-order valence-corrected chi connectivity index (χ4v) is 3.31. The molecule has 4 atom stereocenters. The molecule has 4 rings (SSSR count). The van der Waals surface area contributed by atoms with Crippen molar-refractivity contribution in [1.82, 2.24) is 19.5 Å². The predicted octanol–water partition coefficient (Wildman–Crippen LogP) is -0.820. The maximum absolute atomic E-state index is 10.5. The van der Waals surface area contributed by atoms with Crippen LogP contribution in [0, 0.1) is 0 Å². The Hall–Kier alpha value is -3.52. The van der Waals surface area contributed by atoms with Gasteiger partial charge < -0.3 is 35.6 Å². The highest BCUT2D eigenvalue weighted by molar-refractivity contribution is 5.86. The van der Waals surface area contributed by atoms with Crippen molar-refractivity contribution in [2.24, 2.45) is 5.10 Å². The van der Waals surface area contributed by atoms with Gasteiger partial charge in [-0.2, -0.15) is 5.10 Å². The van der Waals surface area contributed by atoms with Gasteiger partial charge in [0.05, 0.1) is 19.9 Å². The van der Waals surface area contributed by atoms with E-state index in [1.807, 2.05) is 0 Å². The number of hydrogen-bond acceptors (Lipinski definition) is 12. The van der Waals surface area contributed by atoms with Crippen LogP contribution in [0.3, 0.4) is 0 Å². The highest BCUT2D eigenvalue weighted by Gasteiger charge is 2.45. The van der Waals surface area contributed by atoms with Gasteiger partial charge in [-0.05, 0) is 12.1 Å². The van der Waals surface area contributed by atoms with Crippen molar-refractivity contribution in [3.05, 3.63) is 30.1 Å². The number of anilines is 2. The maximum Gasteiger partial charge on any atom is 0.228 e. The number of nitrogens with zero attached hydrogens (tertiary/aromatic N) is 5. The summed E-state index contributed by atoms with van der Waals surface area (Å²) in [4.78, 5) is 12.4. The van der Waals surface area contributed by atoms with Crippen molar-refractivity contribution >= 4 is 29.1 Å². The van der Waals surface area contributed by atoms with Crippen LogP contribution in [0.1, 0.15) is 11.8 Å². The number of imidazole rings is 1. The molecule has 3 aromatic rings. The Morgan fingerprint density at radius 3 is 2.84 bits per heavy atom. The molecular weight excluding hydrogens is 410 g/mol. The lowest BCUT2D eigenvalue weighted by Crippen LogP contribution is -2.33. The van der Waals surface area contributed by atoms with Crippen LogP contribution >= 0.6 is 0 Å². The molecule has 0 bridgehead atoms. The quantitative estimate of drug-likeness (QED) is 0.211. The number of rotatable bonds is 6. The van der Waals surface area contributed by atoms with Gasteiger partial charge in [0.1, 0.15) is 24.6 Å². The van der Waals surface area contributed by atoms with Crippen molar-refractivity contribution in [2.45, 2.75) is 24.5 Å². The zero-order chi connectivity index (χ0) is 22.1. The van der Waals surface area contributed by atoms with Crippen molar-refractivity contribution < 1.29 is 29.9 Å². The van der Waals surface area contributed by atoms with Gasteiger partial charge in [-0.25, -0.2) is 20.4 Å². The van der Waals surface area contributed by atoms with E-state index in [-0.39, 0.29) is 34.4 Å². The molecule has 1 aromatic carbocycles. The molecule has 1 aliphatic rings. The van der Waals surface area contributed by atoms with Crippen molar-refractivity contribution in [3.8, 4) is 11.5 Å². The zero-order valence-corrected chi connectivity index (χ0v) is 16.3. The zero-order valence-electron chi connectivity index (χ0n) is 16.3. The van der Waals surface area contributed by atoms with Crippen molar-refractivity contribution in [3.63, 3.8) is 0 Å². The Balaban J connectivity index is 1.71. The molecule has 0 spiro atoms. The van der Waals surface area contributed by atoms with E-state index in [0.717, 1.165) is 0 Å². The number of aliphatic hydroxyl groups excluding tert-OH is 3. The lowest BCUT2D eigenvalue weighted by atomic mass is 10.1. The van der Waals surface area contributed by atoms with E-state index in [9.17, 15) is 20.4 Å². The van der Waals surface area contributed by atoms with Gasteiger partial charge in [-0.1, -0.05) is 6.07 Å². The molecule has 13 heteroatoms.